The Hall–Kier alpha value is -1.46. The zero-order valence-corrected chi connectivity index (χ0v) is 13.4. The van der Waals surface area contributed by atoms with Gasteiger partial charge in [-0.05, 0) is 59.9 Å². The van der Waals surface area contributed by atoms with Gasteiger partial charge in [-0.15, -0.1) is 0 Å². The molecule has 3 N–H and O–H groups in total. The van der Waals surface area contributed by atoms with E-state index in [1.807, 2.05) is 30.1 Å². The van der Waals surface area contributed by atoms with Crippen LogP contribution in [-0.4, -0.2) is 39.6 Å². The molecular weight excluding hydrogens is 296 g/mol. The number of aliphatic hydroxyl groups is 1. The molecule has 118 valence electrons. The number of hydrogen-bond acceptors (Lipinski definition) is 3. The Labute approximate surface area is 134 Å². The number of fused-ring (bicyclic) bond motifs is 1. The van der Waals surface area contributed by atoms with Crippen LogP contribution in [0, 0.1) is 0 Å². The van der Waals surface area contributed by atoms with E-state index in [2.05, 4.69) is 22.4 Å². The van der Waals surface area contributed by atoms with Crippen LogP contribution < -0.4 is 5.32 Å². The van der Waals surface area contributed by atoms with Crippen LogP contribution in [0.2, 0.25) is 0 Å². The molecule has 0 spiro atoms. The van der Waals surface area contributed by atoms with Crippen molar-refractivity contribution in [2.24, 2.45) is 0 Å². The van der Waals surface area contributed by atoms with Crippen molar-refractivity contribution in [3.8, 4) is 0 Å². The number of carbonyl (C=O) groups is 1. The molecule has 2 aromatic rings. The van der Waals surface area contributed by atoms with Crippen LogP contribution in [0.4, 0.5) is 0 Å². The second-order valence-corrected chi connectivity index (χ2v) is 7.24. The maximum absolute atomic E-state index is 12.0. The highest BCUT2D eigenvalue weighted by atomic mass is 32.2. The van der Waals surface area contributed by atoms with E-state index in [0.29, 0.717) is 13.0 Å². The van der Waals surface area contributed by atoms with E-state index in [-0.39, 0.29) is 5.91 Å². The molecule has 1 amide bonds. The standard InChI is InChI=1S/C17H22N2O2S/c20-16(19-12-17(21)6-9-22-10-7-17)4-2-13-1-3-15-14(11-13)5-8-18-15/h1,3,5,8,11,18,21H,2,4,6-7,9-10,12H2,(H,19,20). The lowest BCUT2D eigenvalue weighted by atomic mass is 9.97. The van der Waals surface area contributed by atoms with Crippen LogP contribution in [0.15, 0.2) is 30.5 Å². The normalized spacial score (nSPS) is 17.5. The van der Waals surface area contributed by atoms with Gasteiger partial charge in [0.25, 0.3) is 0 Å². The largest absolute Gasteiger partial charge is 0.388 e. The Morgan fingerprint density at radius 1 is 1.32 bits per heavy atom. The molecule has 1 aliphatic heterocycles. The van der Waals surface area contributed by atoms with Crippen molar-refractivity contribution in [1.29, 1.82) is 0 Å². The van der Waals surface area contributed by atoms with Gasteiger partial charge in [-0.3, -0.25) is 4.79 Å². The monoisotopic (exact) mass is 318 g/mol. The Morgan fingerprint density at radius 3 is 2.95 bits per heavy atom. The number of rotatable bonds is 5. The molecule has 22 heavy (non-hydrogen) atoms. The van der Waals surface area contributed by atoms with Crippen molar-refractivity contribution in [2.75, 3.05) is 18.1 Å². The molecule has 0 radical (unpaired) electrons. The van der Waals surface area contributed by atoms with Gasteiger partial charge in [-0.1, -0.05) is 6.07 Å². The van der Waals surface area contributed by atoms with Gasteiger partial charge in [-0.25, -0.2) is 0 Å². The third-order valence-corrected chi connectivity index (χ3v) is 5.28. The fraction of sp³-hybridized carbons (Fsp3) is 0.471. The van der Waals surface area contributed by atoms with E-state index < -0.39 is 5.60 Å². The SMILES string of the molecule is O=C(CCc1ccc2[nH]ccc2c1)NCC1(O)CCSCC1. The first-order chi connectivity index (χ1) is 10.6. The van der Waals surface area contributed by atoms with Gasteiger partial charge in [0.1, 0.15) is 0 Å². The third kappa shape index (κ3) is 3.84. The first-order valence-electron chi connectivity index (χ1n) is 7.78. The average Bonchev–Trinajstić information content (AvgIpc) is 2.99. The quantitative estimate of drug-likeness (QED) is 0.793. The van der Waals surface area contributed by atoms with Crippen LogP contribution in [0.3, 0.4) is 0 Å². The molecule has 4 nitrogen and oxygen atoms in total. The summed E-state index contributed by atoms with van der Waals surface area (Å²) in [6.45, 7) is 0.378. The summed E-state index contributed by atoms with van der Waals surface area (Å²) in [6, 6.07) is 8.25. The van der Waals surface area contributed by atoms with Gasteiger partial charge in [0, 0.05) is 24.7 Å². The van der Waals surface area contributed by atoms with Crippen molar-refractivity contribution < 1.29 is 9.90 Å². The van der Waals surface area contributed by atoms with Crippen molar-refractivity contribution in [3.63, 3.8) is 0 Å². The molecule has 2 heterocycles. The number of nitrogens with one attached hydrogen (secondary N) is 2. The first-order valence-corrected chi connectivity index (χ1v) is 8.93. The molecule has 3 rings (SSSR count). The Morgan fingerprint density at radius 2 is 2.14 bits per heavy atom. The summed E-state index contributed by atoms with van der Waals surface area (Å²) in [4.78, 5) is 15.1. The van der Waals surface area contributed by atoms with E-state index >= 15 is 0 Å². The number of carbonyl (C=O) groups excluding carboxylic acids is 1. The summed E-state index contributed by atoms with van der Waals surface area (Å²) >= 11 is 1.87. The van der Waals surface area contributed by atoms with Crippen molar-refractivity contribution >= 4 is 28.6 Å². The molecule has 0 atom stereocenters. The molecule has 0 aliphatic carbocycles. The molecule has 1 saturated heterocycles. The number of amides is 1. The van der Waals surface area contributed by atoms with Crippen LogP contribution in [0.5, 0.6) is 0 Å². The number of H-pyrrole nitrogens is 1. The van der Waals surface area contributed by atoms with Crippen molar-refractivity contribution in [2.45, 2.75) is 31.3 Å². The van der Waals surface area contributed by atoms with Crippen LogP contribution >= 0.6 is 11.8 Å². The van der Waals surface area contributed by atoms with Gasteiger partial charge in [0.2, 0.25) is 5.91 Å². The van der Waals surface area contributed by atoms with Crippen LogP contribution in [0.1, 0.15) is 24.8 Å². The highest BCUT2D eigenvalue weighted by Crippen LogP contribution is 2.26. The van der Waals surface area contributed by atoms with Gasteiger partial charge in [-0.2, -0.15) is 11.8 Å². The van der Waals surface area contributed by atoms with Gasteiger partial charge < -0.3 is 15.4 Å². The molecule has 1 aliphatic rings. The predicted molar refractivity (Wildman–Crippen MR) is 91.1 cm³/mol. The molecule has 1 aromatic carbocycles. The Balaban J connectivity index is 1.47. The summed E-state index contributed by atoms with van der Waals surface area (Å²) in [5, 5.41) is 14.4. The van der Waals surface area contributed by atoms with Gasteiger partial charge in [0.15, 0.2) is 0 Å². The van der Waals surface area contributed by atoms with Gasteiger partial charge in [0.05, 0.1) is 5.60 Å². The topological polar surface area (TPSA) is 65.1 Å². The van der Waals surface area contributed by atoms with E-state index in [9.17, 15) is 9.90 Å². The minimum atomic E-state index is -0.703. The zero-order valence-electron chi connectivity index (χ0n) is 12.6. The first kappa shape index (κ1) is 15.4. The predicted octanol–water partition coefficient (Wildman–Crippen LogP) is 2.47. The molecule has 1 aromatic heterocycles. The summed E-state index contributed by atoms with van der Waals surface area (Å²) in [5.41, 5.74) is 1.57. The average molecular weight is 318 g/mol. The molecular formula is C17H22N2O2S. The highest BCUT2D eigenvalue weighted by molar-refractivity contribution is 7.99. The number of benzene rings is 1. The summed E-state index contributed by atoms with van der Waals surface area (Å²) < 4.78 is 0. The van der Waals surface area contributed by atoms with Crippen LogP contribution in [0.25, 0.3) is 10.9 Å². The van der Waals surface area contributed by atoms with E-state index in [0.717, 1.165) is 41.8 Å². The summed E-state index contributed by atoms with van der Waals surface area (Å²) in [5.74, 6) is 1.97. The zero-order chi connectivity index (χ0) is 15.4. The molecule has 0 bridgehead atoms. The molecule has 0 unspecified atom stereocenters. The smallest absolute Gasteiger partial charge is 0.220 e. The number of thioether (sulfide) groups is 1. The van der Waals surface area contributed by atoms with Crippen molar-refractivity contribution in [1.82, 2.24) is 10.3 Å². The Bertz CT molecular complexity index is 647. The lowest BCUT2D eigenvalue weighted by molar-refractivity contribution is -0.122. The lowest BCUT2D eigenvalue weighted by Crippen LogP contribution is -2.45. The fourth-order valence-corrected chi connectivity index (χ4v) is 4.05. The van der Waals surface area contributed by atoms with Crippen molar-refractivity contribution in [3.05, 3.63) is 36.0 Å². The summed E-state index contributed by atoms with van der Waals surface area (Å²) in [6.07, 6.45) is 4.64. The minimum Gasteiger partial charge on any atom is -0.388 e. The van der Waals surface area contributed by atoms with Crippen LogP contribution in [-0.2, 0) is 11.2 Å². The van der Waals surface area contributed by atoms with E-state index in [1.54, 1.807) is 0 Å². The maximum Gasteiger partial charge on any atom is 0.220 e. The highest BCUT2D eigenvalue weighted by Gasteiger charge is 2.29. The summed E-state index contributed by atoms with van der Waals surface area (Å²) in [7, 11) is 0. The number of aryl methyl sites for hydroxylation is 1. The Kier molecular flexibility index (Phi) is 4.74. The molecule has 0 saturated carbocycles. The second kappa shape index (κ2) is 6.75. The number of hydrogen-bond donors (Lipinski definition) is 3. The van der Waals surface area contributed by atoms with E-state index in [4.69, 9.17) is 0 Å². The van der Waals surface area contributed by atoms with Gasteiger partial charge >= 0.3 is 0 Å². The minimum absolute atomic E-state index is 0.0146. The number of aromatic amines is 1. The van der Waals surface area contributed by atoms with E-state index in [1.165, 1.54) is 5.39 Å². The fourth-order valence-electron chi connectivity index (χ4n) is 2.80. The number of aromatic nitrogens is 1. The third-order valence-electron chi connectivity index (χ3n) is 4.30. The maximum atomic E-state index is 12.0. The molecule has 5 heteroatoms. The second-order valence-electron chi connectivity index (χ2n) is 6.01. The lowest BCUT2D eigenvalue weighted by Gasteiger charge is -2.31. The molecule has 1 fully saturated rings.